The average Bonchev–Trinajstić information content (AvgIpc) is 3.30. The number of amides is 4. The summed E-state index contributed by atoms with van der Waals surface area (Å²) in [6.07, 6.45) is 3.82. The summed E-state index contributed by atoms with van der Waals surface area (Å²) in [6.45, 7) is 4.36. The molecule has 0 spiro atoms. The van der Waals surface area contributed by atoms with Crippen LogP contribution in [0.2, 0.25) is 0 Å². The second-order valence-electron chi connectivity index (χ2n) is 16.3. The van der Waals surface area contributed by atoms with Crippen LogP contribution in [0.15, 0.2) is 85.1 Å². The largest absolute Gasteiger partial charge is 0.371 e. The van der Waals surface area contributed by atoms with Crippen molar-refractivity contribution in [3.8, 4) is 0 Å². The van der Waals surface area contributed by atoms with E-state index in [0.717, 1.165) is 50.2 Å². The predicted octanol–water partition coefficient (Wildman–Crippen LogP) is 6.70. The standard InChI is InChI=1S/C46H46F5N11O4/c47-33-4-2-1-3-31(33)43(64)54-29-7-5-28(6-8-29)53-42-37(51)26-52-46(58-42)55-30-9-10-32(34(48)23-30)44(65)59-62-17-14-27(15-18-62)13-16-60-19-21-61(22-20-60)40-25-35(49)39(24-36(40)50)56-38-11-12-41(63)57-45(38)66/h1-10,23-27,38,56H,11-22H2,(H,54,64)(H,59,65)(H,57,63,66)(H2,52,53,55,58). The minimum Gasteiger partial charge on any atom is -0.371 e. The zero-order valence-corrected chi connectivity index (χ0v) is 35.5. The van der Waals surface area contributed by atoms with Crippen molar-refractivity contribution in [2.45, 2.75) is 38.1 Å². The molecule has 0 bridgehead atoms. The molecule has 8 rings (SSSR count). The third-order valence-electron chi connectivity index (χ3n) is 11.8. The van der Waals surface area contributed by atoms with Gasteiger partial charge in [-0.2, -0.15) is 4.98 Å². The molecule has 5 aromatic rings. The van der Waals surface area contributed by atoms with E-state index in [1.165, 1.54) is 30.3 Å². The normalized spacial score (nSPS) is 17.2. The molecule has 6 N–H and O–H groups in total. The first-order valence-electron chi connectivity index (χ1n) is 21.5. The van der Waals surface area contributed by atoms with Crippen LogP contribution in [0.5, 0.6) is 0 Å². The molecular weight excluding hydrogens is 866 g/mol. The van der Waals surface area contributed by atoms with Crippen LogP contribution in [-0.4, -0.2) is 95.4 Å². The van der Waals surface area contributed by atoms with Gasteiger partial charge in [0, 0.05) is 74.9 Å². The maximum atomic E-state index is 15.3. The minimum atomic E-state index is -0.828. The number of piperidine rings is 2. The number of benzene rings is 4. The number of nitrogens with zero attached hydrogens (tertiary/aromatic N) is 5. The Bertz CT molecular complexity index is 2610. The molecule has 4 amide bonds. The Hall–Kier alpha value is -7.19. The molecule has 1 unspecified atom stereocenters. The fourth-order valence-electron chi connectivity index (χ4n) is 8.06. The van der Waals surface area contributed by atoms with E-state index in [9.17, 15) is 28.0 Å². The van der Waals surface area contributed by atoms with Gasteiger partial charge in [0.1, 0.15) is 29.3 Å². The minimum absolute atomic E-state index is 0.0494. The number of hydrogen-bond acceptors (Lipinski definition) is 12. The van der Waals surface area contributed by atoms with E-state index in [1.807, 2.05) is 0 Å². The van der Waals surface area contributed by atoms with Crippen molar-refractivity contribution < 1.29 is 41.1 Å². The van der Waals surface area contributed by atoms with Gasteiger partial charge in [-0.1, -0.05) is 12.1 Å². The van der Waals surface area contributed by atoms with Crippen molar-refractivity contribution in [3.05, 3.63) is 125 Å². The quantitative estimate of drug-likeness (QED) is 0.0515. The lowest BCUT2D eigenvalue weighted by Gasteiger charge is -2.38. The Morgan fingerprint density at radius 3 is 2.14 bits per heavy atom. The van der Waals surface area contributed by atoms with E-state index < -0.39 is 58.8 Å². The van der Waals surface area contributed by atoms with Crippen LogP contribution < -0.4 is 36.9 Å². The number of halogens is 5. The van der Waals surface area contributed by atoms with Crippen LogP contribution in [0.3, 0.4) is 0 Å². The molecule has 4 aromatic carbocycles. The third kappa shape index (κ3) is 11.2. The van der Waals surface area contributed by atoms with Crippen LogP contribution in [-0.2, 0) is 9.59 Å². The molecular formula is C46H46F5N11O4. The highest BCUT2D eigenvalue weighted by atomic mass is 19.1. The van der Waals surface area contributed by atoms with Crippen LogP contribution >= 0.6 is 0 Å². The number of carbonyl (C=O) groups is 4. The summed E-state index contributed by atoms with van der Waals surface area (Å²) in [5, 5.41) is 14.9. The Balaban J connectivity index is 0.755. The van der Waals surface area contributed by atoms with Gasteiger partial charge in [-0.05, 0) is 92.7 Å². The molecule has 15 nitrogen and oxygen atoms in total. The predicted molar refractivity (Wildman–Crippen MR) is 237 cm³/mol. The molecule has 4 heterocycles. The summed E-state index contributed by atoms with van der Waals surface area (Å²) < 4.78 is 74.2. The highest BCUT2D eigenvalue weighted by Crippen LogP contribution is 2.30. The van der Waals surface area contributed by atoms with Gasteiger partial charge in [0.05, 0.1) is 28.7 Å². The molecule has 0 aliphatic carbocycles. The zero-order valence-electron chi connectivity index (χ0n) is 35.5. The molecule has 0 saturated carbocycles. The second-order valence-corrected chi connectivity index (χ2v) is 16.3. The number of anilines is 7. The van der Waals surface area contributed by atoms with Gasteiger partial charge in [0.2, 0.25) is 17.8 Å². The SMILES string of the molecule is O=C1CCC(Nc2cc(F)c(N3CCN(CCC4CCN(NC(=O)c5ccc(Nc6ncc(F)c(Nc7ccc(NC(=O)c8ccccc8F)cc7)n6)cc5F)CC4)CC3)cc2F)C(=O)N1. The van der Waals surface area contributed by atoms with Crippen molar-refractivity contribution in [2.24, 2.45) is 5.92 Å². The van der Waals surface area contributed by atoms with E-state index in [2.05, 4.69) is 46.9 Å². The number of hydrogen-bond donors (Lipinski definition) is 6. The number of imide groups is 1. The van der Waals surface area contributed by atoms with Crippen LogP contribution in [0.1, 0.15) is 52.8 Å². The highest BCUT2D eigenvalue weighted by molar-refractivity contribution is 6.04. The van der Waals surface area contributed by atoms with E-state index in [0.29, 0.717) is 56.6 Å². The van der Waals surface area contributed by atoms with Crippen molar-refractivity contribution in [1.29, 1.82) is 0 Å². The van der Waals surface area contributed by atoms with Gasteiger partial charge >= 0.3 is 0 Å². The average molecular weight is 912 g/mol. The molecule has 1 atom stereocenters. The number of nitrogens with one attached hydrogen (secondary N) is 6. The zero-order chi connectivity index (χ0) is 46.3. The molecule has 20 heteroatoms. The molecule has 1 aromatic heterocycles. The lowest BCUT2D eigenvalue weighted by Crippen LogP contribution is -2.48. The van der Waals surface area contributed by atoms with Crippen molar-refractivity contribution >= 4 is 63.8 Å². The number of carbonyl (C=O) groups excluding carboxylic acids is 4. The highest BCUT2D eigenvalue weighted by Gasteiger charge is 2.29. The van der Waals surface area contributed by atoms with Crippen LogP contribution in [0.25, 0.3) is 0 Å². The molecule has 3 aliphatic heterocycles. The van der Waals surface area contributed by atoms with Crippen LogP contribution in [0, 0.1) is 35.0 Å². The smallest absolute Gasteiger partial charge is 0.268 e. The maximum absolute atomic E-state index is 15.3. The monoisotopic (exact) mass is 911 g/mol. The maximum Gasteiger partial charge on any atom is 0.268 e. The summed E-state index contributed by atoms with van der Waals surface area (Å²) in [4.78, 5) is 61.2. The Morgan fingerprint density at radius 1 is 0.697 bits per heavy atom. The molecule has 0 radical (unpaired) electrons. The molecule has 66 heavy (non-hydrogen) atoms. The van der Waals surface area contributed by atoms with Crippen molar-refractivity contribution in [2.75, 3.05) is 72.0 Å². The van der Waals surface area contributed by atoms with Crippen molar-refractivity contribution in [1.82, 2.24) is 30.6 Å². The number of piperazine rings is 1. The van der Waals surface area contributed by atoms with Crippen LogP contribution in [0.4, 0.5) is 62.2 Å². The summed E-state index contributed by atoms with van der Waals surface area (Å²) in [5.41, 5.74) is 3.57. The third-order valence-corrected chi connectivity index (χ3v) is 11.8. The number of rotatable bonds is 14. The van der Waals surface area contributed by atoms with E-state index >= 15 is 13.2 Å². The Morgan fingerprint density at radius 2 is 1.41 bits per heavy atom. The lowest BCUT2D eigenvalue weighted by atomic mass is 9.94. The van der Waals surface area contributed by atoms with Gasteiger partial charge in [0.15, 0.2) is 11.6 Å². The molecule has 3 saturated heterocycles. The van der Waals surface area contributed by atoms with Gasteiger partial charge in [0.25, 0.3) is 11.8 Å². The summed E-state index contributed by atoms with van der Waals surface area (Å²) in [7, 11) is 0. The molecule has 344 valence electrons. The lowest BCUT2D eigenvalue weighted by molar-refractivity contribution is -0.133. The Labute approximate surface area is 376 Å². The van der Waals surface area contributed by atoms with Gasteiger partial charge in [-0.15, -0.1) is 0 Å². The topological polar surface area (TPSA) is 176 Å². The van der Waals surface area contributed by atoms with Crippen molar-refractivity contribution in [3.63, 3.8) is 0 Å². The fourth-order valence-corrected chi connectivity index (χ4v) is 8.06. The van der Waals surface area contributed by atoms with Gasteiger partial charge in [-0.3, -0.25) is 34.8 Å². The molecule has 3 fully saturated rings. The van der Waals surface area contributed by atoms with E-state index in [-0.39, 0.29) is 52.8 Å². The van der Waals surface area contributed by atoms with Gasteiger partial charge in [-0.25, -0.2) is 31.9 Å². The summed E-state index contributed by atoms with van der Waals surface area (Å²) in [5.74, 6) is -5.52. The molecule has 3 aliphatic rings. The fraction of sp³-hybridized carbons (Fsp3) is 0.304. The Kier molecular flexibility index (Phi) is 14.0. The summed E-state index contributed by atoms with van der Waals surface area (Å²) >= 11 is 0. The first-order valence-corrected chi connectivity index (χ1v) is 21.5. The number of hydrazine groups is 1. The van der Waals surface area contributed by atoms with E-state index in [4.69, 9.17) is 0 Å². The second kappa shape index (κ2) is 20.3. The van der Waals surface area contributed by atoms with E-state index in [1.54, 1.807) is 40.2 Å². The summed E-state index contributed by atoms with van der Waals surface area (Å²) in [6, 6.07) is 17.1. The van der Waals surface area contributed by atoms with Gasteiger partial charge < -0.3 is 26.2 Å². The number of aromatic nitrogens is 2. The first-order chi connectivity index (χ1) is 31.8. The first kappa shape index (κ1) is 45.4.